The van der Waals surface area contributed by atoms with Gasteiger partial charge in [0.25, 0.3) is 5.91 Å². The number of carbonyl (C=O) groups excluding carboxylic acids is 3. The fourth-order valence-electron chi connectivity index (χ4n) is 6.44. The van der Waals surface area contributed by atoms with Crippen molar-refractivity contribution in [3.05, 3.63) is 54.6 Å². The van der Waals surface area contributed by atoms with Crippen molar-refractivity contribution < 1.29 is 24.2 Å². The number of nitrogens with zero attached hydrogens (tertiary/aromatic N) is 2. The summed E-state index contributed by atoms with van der Waals surface area (Å²) in [6.07, 6.45) is 9.48. The van der Waals surface area contributed by atoms with Crippen molar-refractivity contribution in [2.75, 3.05) is 31.2 Å². The van der Waals surface area contributed by atoms with Gasteiger partial charge in [-0.3, -0.25) is 14.4 Å². The second-order valence-corrected chi connectivity index (χ2v) is 12.5. The van der Waals surface area contributed by atoms with E-state index >= 15 is 0 Å². The van der Waals surface area contributed by atoms with Crippen LogP contribution in [-0.2, 0) is 19.1 Å². The molecular formula is C30H39ClN2O5S. The number of rotatable bonds is 15. The lowest BCUT2D eigenvalue weighted by atomic mass is 9.71. The number of carbonyl (C=O) groups is 3. The lowest BCUT2D eigenvalue weighted by Gasteiger charge is -2.37. The van der Waals surface area contributed by atoms with Gasteiger partial charge in [-0.25, -0.2) is 0 Å². The summed E-state index contributed by atoms with van der Waals surface area (Å²) in [5.41, 5.74) is 0.579. The van der Waals surface area contributed by atoms with Crippen LogP contribution in [0.4, 0.5) is 5.69 Å². The van der Waals surface area contributed by atoms with Crippen LogP contribution in [0.2, 0.25) is 5.02 Å². The highest BCUT2D eigenvalue weighted by atomic mass is 35.5. The van der Waals surface area contributed by atoms with Crippen LogP contribution in [0, 0.1) is 11.8 Å². The number of ether oxygens (including phenoxy) is 1. The third-order valence-corrected chi connectivity index (χ3v) is 10.4. The second kappa shape index (κ2) is 13.4. The van der Waals surface area contributed by atoms with Crippen LogP contribution in [0.15, 0.2) is 49.6 Å². The normalized spacial score (nSPS) is 26.9. The zero-order valence-corrected chi connectivity index (χ0v) is 24.0. The molecule has 1 aromatic carbocycles. The molecule has 3 aliphatic heterocycles. The average Bonchev–Trinajstić information content (AvgIpc) is 3.57. The van der Waals surface area contributed by atoms with E-state index in [0.29, 0.717) is 43.1 Å². The summed E-state index contributed by atoms with van der Waals surface area (Å²) in [5, 5.41) is 9.55. The van der Waals surface area contributed by atoms with Crippen LogP contribution in [0.5, 0.6) is 0 Å². The van der Waals surface area contributed by atoms with Gasteiger partial charge in [0, 0.05) is 24.9 Å². The Morgan fingerprint density at radius 3 is 2.67 bits per heavy atom. The number of allylic oxidation sites excluding steroid dienone is 1. The number of esters is 1. The Hall–Kier alpha value is -2.29. The minimum absolute atomic E-state index is 0.0407. The molecule has 2 amide bonds. The number of amides is 2. The standard InChI is InChI=1S/C30H39ClN2O5S/c1-3-5-12-20-38-29(37)24-23-15-16-30(39-23)25(24)27(35)33(18-10-6-7-11-19-34)26(30)28(36)32(17-4-2)22-14-9-8-13-21(22)31/h3-4,8-9,13-14,23-26,34H,1-2,5-7,10-12,15-20H2/t23-,24+,25-,26?,30?/m0/s1. The maximum absolute atomic E-state index is 14.5. The fourth-order valence-corrected chi connectivity index (χ4v) is 8.88. The molecule has 0 radical (unpaired) electrons. The molecule has 0 aromatic heterocycles. The van der Waals surface area contributed by atoms with Gasteiger partial charge in [-0.2, -0.15) is 0 Å². The maximum atomic E-state index is 14.5. The molecule has 1 spiro atoms. The van der Waals surface area contributed by atoms with E-state index in [0.717, 1.165) is 32.1 Å². The first kappa shape index (κ1) is 29.7. The summed E-state index contributed by atoms with van der Waals surface area (Å²) >= 11 is 8.16. The Morgan fingerprint density at radius 1 is 1.18 bits per heavy atom. The molecule has 39 heavy (non-hydrogen) atoms. The van der Waals surface area contributed by atoms with Crippen LogP contribution >= 0.6 is 23.4 Å². The molecule has 2 bridgehead atoms. The first-order chi connectivity index (χ1) is 18.9. The predicted molar refractivity (Wildman–Crippen MR) is 156 cm³/mol. The number of hydrogen-bond acceptors (Lipinski definition) is 6. The number of benzene rings is 1. The number of hydrogen-bond donors (Lipinski definition) is 1. The van der Waals surface area contributed by atoms with Gasteiger partial charge in [-0.15, -0.1) is 24.9 Å². The van der Waals surface area contributed by atoms with Gasteiger partial charge in [0.1, 0.15) is 6.04 Å². The summed E-state index contributed by atoms with van der Waals surface area (Å²) in [4.78, 5) is 45.3. The van der Waals surface area contributed by atoms with Crippen molar-refractivity contribution in [1.29, 1.82) is 0 Å². The highest BCUT2D eigenvalue weighted by Crippen LogP contribution is 2.66. The summed E-state index contributed by atoms with van der Waals surface area (Å²) in [5.74, 6) is -1.79. The number of aliphatic hydroxyl groups excluding tert-OH is 1. The van der Waals surface area contributed by atoms with Gasteiger partial charge in [-0.05, 0) is 50.7 Å². The second-order valence-electron chi connectivity index (χ2n) is 10.5. The summed E-state index contributed by atoms with van der Waals surface area (Å²) < 4.78 is 4.96. The van der Waals surface area contributed by atoms with Crippen LogP contribution in [0.3, 0.4) is 0 Å². The lowest BCUT2D eigenvalue weighted by molar-refractivity contribution is -0.154. The third kappa shape index (κ3) is 5.79. The monoisotopic (exact) mass is 574 g/mol. The molecule has 3 fully saturated rings. The van der Waals surface area contributed by atoms with Gasteiger partial charge >= 0.3 is 5.97 Å². The SMILES string of the molecule is C=CCCCOC(=O)[C@@H]1[C@@H]2CCC3(S2)C(C(=O)N(CC=C)c2ccccc2Cl)N(CCCCCCO)C(=O)[C@H]13. The average molecular weight is 575 g/mol. The quantitative estimate of drug-likeness (QED) is 0.180. The van der Waals surface area contributed by atoms with E-state index in [1.165, 1.54) is 0 Å². The van der Waals surface area contributed by atoms with Crippen molar-refractivity contribution >= 4 is 46.8 Å². The third-order valence-electron chi connectivity index (χ3n) is 8.13. The molecule has 4 rings (SSSR count). The number of aliphatic hydroxyl groups is 1. The number of anilines is 1. The van der Waals surface area contributed by atoms with Crippen molar-refractivity contribution in [2.45, 2.75) is 67.4 Å². The smallest absolute Gasteiger partial charge is 0.310 e. The molecular weight excluding hydrogens is 536 g/mol. The zero-order valence-electron chi connectivity index (χ0n) is 22.4. The van der Waals surface area contributed by atoms with E-state index in [9.17, 15) is 14.4 Å². The van der Waals surface area contributed by atoms with E-state index in [-0.39, 0.29) is 36.2 Å². The first-order valence-electron chi connectivity index (χ1n) is 13.9. The molecule has 5 atom stereocenters. The van der Waals surface area contributed by atoms with E-state index in [4.69, 9.17) is 21.4 Å². The summed E-state index contributed by atoms with van der Waals surface area (Å²) in [6.45, 7) is 8.67. The fraction of sp³-hybridized carbons (Fsp3) is 0.567. The lowest BCUT2D eigenvalue weighted by Crippen LogP contribution is -2.55. The molecule has 1 aromatic rings. The number of likely N-dealkylation sites (tertiary alicyclic amines) is 1. The number of thioether (sulfide) groups is 1. The first-order valence-corrected chi connectivity index (χ1v) is 15.2. The van der Waals surface area contributed by atoms with Crippen molar-refractivity contribution in [1.82, 2.24) is 4.90 Å². The van der Waals surface area contributed by atoms with Crippen molar-refractivity contribution in [3.63, 3.8) is 0 Å². The number of unbranched alkanes of at least 4 members (excludes halogenated alkanes) is 4. The molecule has 0 aliphatic carbocycles. The Bertz CT molecular complexity index is 1080. The Labute approximate surface area is 240 Å². The van der Waals surface area contributed by atoms with Gasteiger partial charge < -0.3 is 19.6 Å². The van der Waals surface area contributed by atoms with Gasteiger partial charge in [0.2, 0.25) is 5.91 Å². The molecule has 1 N–H and O–H groups in total. The number of para-hydroxylation sites is 1. The van der Waals surface area contributed by atoms with Crippen LogP contribution in [0.25, 0.3) is 0 Å². The molecule has 7 nitrogen and oxygen atoms in total. The van der Waals surface area contributed by atoms with Crippen LogP contribution < -0.4 is 4.90 Å². The minimum atomic E-state index is -0.711. The molecule has 212 valence electrons. The number of halogens is 1. The maximum Gasteiger partial charge on any atom is 0.310 e. The largest absolute Gasteiger partial charge is 0.465 e. The predicted octanol–water partition coefficient (Wildman–Crippen LogP) is 5.01. The Morgan fingerprint density at radius 2 is 1.95 bits per heavy atom. The molecule has 3 aliphatic rings. The Kier molecular flexibility index (Phi) is 10.2. The van der Waals surface area contributed by atoms with Gasteiger partial charge in [0.05, 0.1) is 33.9 Å². The van der Waals surface area contributed by atoms with E-state index in [1.54, 1.807) is 45.8 Å². The highest BCUT2D eigenvalue weighted by Gasteiger charge is 2.74. The van der Waals surface area contributed by atoms with E-state index < -0.39 is 22.6 Å². The molecule has 3 saturated heterocycles. The van der Waals surface area contributed by atoms with Gasteiger partial charge in [-0.1, -0.05) is 48.7 Å². The number of fused-ring (bicyclic) bond motifs is 1. The van der Waals surface area contributed by atoms with Crippen LogP contribution in [0.1, 0.15) is 51.4 Å². The molecule has 9 heteroatoms. The minimum Gasteiger partial charge on any atom is -0.465 e. The van der Waals surface area contributed by atoms with Gasteiger partial charge in [0.15, 0.2) is 0 Å². The molecule has 0 saturated carbocycles. The molecule has 3 heterocycles. The summed E-state index contributed by atoms with van der Waals surface area (Å²) in [6, 6.07) is 6.48. The van der Waals surface area contributed by atoms with E-state index in [1.807, 2.05) is 12.1 Å². The molecule has 2 unspecified atom stereocenters. The van der Waals surface area contributed by atoms with E-state index in [2.05, 4.69) is 13.2 Å². The van der Waals surface area contributed by atoms with Crippen LogP contribution in [-0.4, -0.2) is 70.1 Å². The Balaban J connectivity index is 1.66. The topological polar surface area (TPSA) is 87.2 Å². The van der Waals surface area contributed by atoms with Crippen molar-refractivity contribution in [2.24, 2.45) is 11.8 Å². The highest BCUT2D eigenvalue weighted by molar-refractivity contribution is 8.02. The van der Waals surface area contributed by atoms with Crippen molar-refractivity contribution in [3.8, 4) is 0 Å². The summed E-state index contributed by atoms with van der Waals surface area (Å²) in [7, 11) is 0. The zero-order chi connectivity index (χ0) is 28.0.